The standard InChI is InChI=1S/C19H22N4O5/c1-25-17-18(21-9-8-20-17)28-14-5-2-12(3-6-14)22-19(24)23-13-4-7-15-16(10-13)27-11-26-15/h4,7-10,12,14H,2-3,5-6,11H2,1H3,(H2,22,23,24). The van der Waals surface area contributed by atoms with Gasteiger partial charge < -0.3 is 29.6 Å². The molecular formula is C19H22N4O5. The molecule has 1 fully saturated rings. The number of amides is 2. The first-order chi connectivity index (χ1) is 13.7. The molecule has 2 N–H and O–H groups in total. The highest BCUT2D eigenvalue weighted by Crippen LogP contribution is 2.34. The monoisotopic (exact) mass is 386 g/mol. The van der Waals surface area contributed by atoms with Crippen LogP contribution < -0.4 is 29.6 Å². The summed E-state index contributed by atoms with van der Waals surface area (Å²) < 4.78 is 21.7. The van der Waals surface area contributed by atoms with Gasteiger partial charge in [0.15, 0.2) is 11.5 Å². The Hall–Kier alpha value is -3.23. The summed E-state index contributed by atoms with van der Waals surface area (Å²) >= 11 is 0. The quantitative estimate of drug-likeness (QED) is 0.814. The smallest absolute Gasteiger partial charge is 0.319 e. The predicted octanol–water partition coefficient (Wildman–Crippen LogP) is 2.73. The van der Waals surface area contributed by atoms with Gasteiger partial charge in [0.25, 0.3) is 11.8 Å². The first-order valence-electron chi connectivity index (χ1n) is 9.20. The molecule has 1 aliphatic heterocycles. The lowest BCUT2D eigenvalue weighted by molar-refractivity contribution is 0.129. The van der Waals surface area contributed by atoms with Crippen molar-refractivity contribution in [3.63, 3.8) is 0 Å². The van der Waals surface area contributed by atoms with E-state index in [0.29, 0.717) is 28.9 Å². The Morgan fingerprint density at radius 3 is 2.61 bits per heavy atom. The molecule has 9 nitrogen and oxygen atoms in total. The number of carbonyl (C=O) groups excluding carboxylic acids is 1. The van der Waals surface area contributed by atoms with E-state index in [4.69, 9.17) is 18.9 Å². The number of carbonyl (C=O) groups is 1. The summed E-state index contributed by atoms with van der Waals surface area (Å²) in [5.41, 5.74) is 0.661. The third-order valence-corrected chi connectivity index (χ3v) is 4.74. The van der Waals surface area contributed by atoms with E-state index in [2.05, 4.69) is 20.6 Å². The summed E-state index contributed by atoms with van der Waals surface area (Å²) in [7, 11) is 1.54. The zero-order valence-electron chi connectivity index (χ0n) is 15.5. The summed E-state index contributed by atoms with van der Waals surface area (Å²) in [5.74, 6) is 2.10. The fraction of sp³-hybridized carbons (Fsp3) is 0.421. The molecule has 28 heavy (non-hydrogen) atoms. The van der Waals surface area contributed by atoms with Crippen LogP contribution >= 0.6 is 0 Å². The number of anilines is 1. The van der Waals surface area contributed by atoms with E-state index in [1.54, 1.807) is 30.6 Å². The van der Waals surface area contributed by atoms with Crippen LogP contribution in [0.4, 0.5) is 10.5 Å². The molecule has 1 saturated carbocycles. The Kier molecular flexibility index (Phi) is 5.31. The molecular weight excluding hydrogens is 364 g/mol. The van der Waals surface area contributed by atoms with E-state index in [0.717, 1.165) is 25.7 Å². The van der Waals surface area contributed by atoms with E-state index in [1.807, 2.05) is 0 Å². The first kappa shape index (κ1) is 18.1. The number of ether oxygens (including phenoxy) is 4. The zero-order chi connectivity index (χ0) is 19.3. The third-order valence-electron chi connectivity index (χ3n) is 4.74. The van der Waals surface area contributed by atoms with Crippen LogP contribution in [0.3, 0.4) is 0 Å². The van der Waals surface area contributed by atoms with Crippen molar-refractivity contribution < 1.29 is 23.7 Å². The Morgan fingerprint density at radius 2 is 1.82 bits per heavy atom. The van der Waals surface area contributed by atoms with Gasteiger partial charge in [-0.25, -0.2) is 14.8 Å². The van der Waals surface area contributed by atoms with E-state index >= 15 is 0 Å². The molecule has 0 radical (unpaired) electrons. The number of nitrogens with zero attached hydrogens (tertiary/aromatic N) is 2. The van der Waals surface area contributed by atoms with Crippen molar-refractivity contribution in [2.75, 3.05) is 19.2 Å². The van der Waals surface area contributed by atoms with Gasteiger partial charge in [0.2, 0.25) is 6.79 Å². The predicted molar refractivity (Wildman–Crippen MR) is 100.0 cm³/mol. The maximum atomic E-state index is 12.3. The summed E-state index contributed by atoms with van der Waals surface area (Å²) in [6.07, 6.45) is 6.43. The van der Waals surface area contributed by atoms with Gasteiger partial charge in [-0.05, 0) is 37.8 Å². The van der Waals surface area contributed by atoms with Crippen LogP contribution in [0.25, 0.3) is 0 Å². The number of aromatic nitrogens is 2. The molecule has 0 unspecified atom stereocenters. The Balaban J connectivity index is 1.24. The Labute approximate surface area is 162 Å². The van der Waals surface area contributed by atoms with E-state index < -0.39 is 0 Å². The van der Waals surface area contributed by atoms with Crippen molar-refractivity contribution in [2.45, 2.75) is 37.8 Å². The van der Waals surface area contributed by atoms with Crippen LogP contribution in [0.1, 0.15) is 25.7 Å². The summed E-state index contributed by atoms with van der Waals surface area (Å²) in [5, 5.41) is 5.85. The second-order valence-electron chi connectivity index (χ2n) is 6.63. The number of hydrogen-bond donors (Lipinski definition) is 2. The van der Waals surface area contributed by atoms with Crippen molar-refractivity contribution in [3.8, 4) is 23.3 Å². The Morgan fingerprint density at radius 1 is 1.07 bits per heavy atom. The maximum Gasteiger partial charge on any atom is 0.319 e. The topological polar surface area (TPSA) is 104 Å². The largest absolute Gasteiger partial charge is 0.477 e. The lowest BCUT2D eigenvalue weighted by Crippen LogP contribution is -2.41. The molecule has 0 saturated heterocycles. The molecule has 1 aliphatic carbocycles. The fourth-order valence-electron chi connectivity index (χ4n) is 3.34. The van der Waals surface area contributed by atoms with Crippen molar-refractivity contribution >= 4 is 11.7 Å². The van der Waals surface area contributed by atoms with Crippen molar-refractivity contribution in [1.82, 2.24) is 15.3 Å². The van der Waals surface area contributed by atoms with E-state index in [9.17, 15) is 4.79 Å². The van der Waals surface area contributed by atoms with Gasteiger partial charge in [0, 0.05) is 30.2 Å². The highest BCUT2D eigenvalue weighted by Gasteiger charge is 2.25. The summed E-state index contributed by atoms with van der Waals surface area (Å²) in [6, 6.07) is 5.17. The van der Waals surface area contributed by atoms with Crippen LogP contribution in [0.5, 0.6) is 23.3 Å². The molecule has 2 heterocycles. The minimum Gasteiger partial charge on any atom is -0.477 e. The third kappa shape index (κ3) is 4.19. The molecule has 9 heteroatoms. The van der Waals surface area contributed by atoms with Gasteiger partial charge in [-0.1, -0.05) is 0 Å². The number of benzene rings is 1. The molecule has 0 atom stereocenters. The van der Waals surface area contributed by atoms with Gasteiger partial charge >= 0.3 is 6.03 Å². The van der Waals surface area contributed by atoms with Gasteiger partial charge in [-0.3, -0.25) is 0 Å². The number of rotatable bonds is 5. The molecule has 1 aromatic heterocycles. The highest BCUT2D eigenvalue weighted by molar-refractivity contribution is 5.89. The fourth-order valence-corrected chi connectivity index (χ4v) is 3.34. The number of hydrogen-bond acceptors (Lipinski definition) is 7. The maximum absolute atomic E-state index is 12.3. The van der Waals surface area contributed by atoms with Crippen molar-refractivity contribution in [1.29, 1.82) is 0 Å². The van der Waals surface area contributed by atoms with Crippen LogP contribution in [-0.2, 0) is 0 Å². The van der Waals surface area contributed by atoms with Crippen molar-refractivity contribution in [2.24, 2.45) is 0 Å². The second-order valence-corrected chi connectivity index (χ2v) is 6.63. The lowest BCUT2D eigenvalue weighted by atomic mass is 9.93. The highest BCUT2D eigenvalue weighted by atomic mass is 16.7. The molecule has 2 aliphatic rings. The van der Waals surface area contributed by atoms with Gasteiger partial charge in [0.1, 0.15) is 6.10 Å². The number of urea groups is 1. The summed E-state index contributed by atoms with van der Waals surface area (Å²) in [6.45, 7) is 0.205. The van der Waals surface area contributed by atoms with Crippen LogP contribution in [-0.4, -0.2) is 42.0 Å². The van der Waals surface area contributed by atoms with Gasteiger partial charge in [-0.15, -0.1) is 0 Å². The van der Waals surface area contributed by atoms with E-state index in [-0.39, 0.29) is 25.0 Å². The molecule has 2 amide bonds. The van der Waals surface area contributed by atoms with Crippen LogP contribution in [0.2, 0.25) is 0 Å². The number of methoxy groups -OCH3 is 1. The first-order valence-corrected chi connectivity index (χ1v) is 9.20. The minimum atomic E-state index is -0.237. The van der Waals surface area contributed by atoms with Crippen LogP contribution in [0, 0.1) is 0 Å². The van der Waals surface area contributed by atoms with E-state index in [1.165, 1.54) is 7.11 Å². The molecule has 1 aromatic carbocycles. The van der Waals surface area contributed by atoms with Gasteiger partial charge in [0.05, 0.1) is 7.11 Å². The summed E-state index contributed by atoms with van der Waals surface area (Å²) in [4.78, 5) is 20.5. The second kappa shape index (κ2) is 8.20. The average Bonchev–Trinajstić information content (AvgIpc) is 3.18. The average molecular weight is 386 g/mol. The van der Waals surface area contributed by atoms with Gasteiger partial charge in [-0.2, -0.15) is 0 Å². The molecule has 0 spiro atoms. The number of nitrogens with one attached hydrogen (secondary N) is 2. The molecule has 148 valence electrons. The molecule has 2 aromatic rings. The Bertz CT molecular complexity index is 839. The normalized spacial score (nSPS) is 20.3. The van der Waals surface area contributed by atoms with Crippen LogP contribution in [0.15, 0.2) is 30.6 Å². The zero-order valence-corrected chi connectivity index (χ0v) is 15.5. The SMILES string of the molecule is COc1nccnc1OC1CCC(NC(=O)Nc2ccc3c(c2)OCO3)CC1. The van der Waals surface area contributed by atoms with Crippen molar-refractivity contribution in [3.05, 3.63) is 30.6 Å². The molecule has 4 rings (SSSR count). The number of fused-ring (bicyclic) bond motifs is 1. The molecule has 0 bridgehead atoms. The minimum absolute atomic E-state index is 0.0283. The lowest BCUT2D eigenvalue weighted by Gasteiger charge is -2.29.